The van der Waals surface area contributed by atoms with Crippen LogP contribution in [0, 0.1) is 11.8 Å². The Morgan fingerprint density at radius 1 is 1.40 bits per heavy atom. The molecular formula is C15H24N2O3. The van der Waals surface area contributed by atoms with E-state index in [1.807, 2.05) is 11.8 Å². The maximum atomic E-state index is 12.2. The Bertz CT molecular complexity index is 395. The minimum atomic E-state index is -0.0274. The van der Waals surface area contributed by atoms with E-state index < -0.39 is 0 Å². The van der Waals surface area contributed by atoms with Gasteiger partial charge in [0.05, 0.1) is 12.0 Å². The molecule has 0 aromatic rings. The van der Waals surface area contributed by atoms with Gasteiger partial charge in [0, 0.05) is 38.1 Å². The van der Waals surface area contributed by atoms with E-state index in [0.717, 1.165) is 38.8 Å². The Labute approximate surface area is 120 Å². The first-order valence-electron chi connectivity index (χ1n) is 7.84. The van der Waals surface area contributed by atoms with E-state index in [4.69, 9.17) is 4.74 Å². The molecule has 1 N–H and O–H groups in total. The molecular weight excluding hydrogens is 256 g/mol. The molecule has 2 heterocycles. The van der Waals surface area contributed by atoms with Crippen LogP contribution in [-0.2, 0) is 14.3 Å². The third-order valence-electron chi connectivity index (χ3n) is 4.73. The van der Waals surface area contributed by atoms with E-state index in [0.29, 0.717) is 19.0 Å². The summed E-state index contributed by atoms with van der Waals surface area (Å²) in [5, 5.41) is 3.03. The van der Waals surface area contributed by atoms with Crippen molar-refractivity contribution in [3.05, 3.63) is 0 Å². The first kappa shape index (κ1) is 13.9. The summed E-state index contributed by atoms with van der Waals surface area (Å²) in [4.78, 5) is 26.0. The largest absolute Gasteiger partial charge is 0.378 e. The molecule has 5 nitrogen and oxygen atoms in total. The molecule has 2 aliphatic heterocycles. The van der Waals surface area contributed by atoms with Crippen molar-refractivity contribution in [1.29, 1.82) is 0 Å². The standard InChI is InChI=1S/C15H24N2O3/c1-10-13(3-2-6-20-10)15(19)16-8-11-7-14(18)17(9-11)12-4-5-12/h10-13H,2-9H2,1H3,(H,16,19)/t10-,11+,13+/m0/s1. The highest BCUT2D eigenvalue weighted by Crippen LogP contribution is 2.32. The van der Waals surface area contributed by atoms with E-state index >= 15 is 0 Å². The zero-order valence-electron chi connectivity index (χ0n) is 12.1. The van der Waals surface area contributed by atoms with Gasteiger partial charge in [0.25, 0.3) is 0 Å². The zero-order chi connectivity index (χ0) is 14.1. The average molecular weight is 280 g/mol. The van der Waals surface area contributed by atoms with Crippen molar-refractivity contribution in [3.8, 4) is 0 Å². The topological polar surface area (TPSA) is 58.6 Å². The van der Waals surface area contributed by atoms with Gasteiger partial charge in [-0.3, -0.25) is 9.59 Å². The molecule has 0 unspecified atom stereocenters. The van der Waals surface area contributed by atoms with Crippen LogP contribution in [0.1, 0.15) is 39.0 Å². The van der Waals surface area contributed by atoms with Crippen molar-refractivity contribution < 1.29 is 14.3 Å². The number of amides is 2. The Kier molecular flexibility index (Phi) is 3.96. The van der Waals surface area contributed by atoms with Crippen LogP contribution in [0.15, 0.2) is 0 Å². The number of nitrogens with zero attached hydrogens (tertiary/aromatic N) is 1. The maximum Gasteiger partial charge on any atom is 0.225 e. The van der Waals surface area contributed by atoms with Gasteiger partial charge in [-0.1, -0.05) is 0 Å². The number of ether oxygens (including phenoxy) is 1. The quantitative estimate of drug-likeness (QED) is 0.833. The van der Waals surface area contributed by atoms with Gasteiger partial charge in [-0.05, 0) is 32.6 Å². The van der Waals surface area contributed by atoms with Gasteiger partial charge in [-0.25, -0.2) is 0 Å². The average Bonchev–Trinajstić information content (AvgIpc) is 3.20. The van der Waals surface area contributed by atoms with Gasteiger partial charge in [-0.2, -0.15) is 0 Å². The monoisotopic (exact) mass is 280 g/mol. The predicted octanol–water partition coefficient (Wildman–Crippen LogP) is 0.929. The molecule has 1 saturated carbocycles. The first-order chi connectivity index (χ1) is 9.65. The molecule has 2 amide bonds. The number of hydrogen-bond acceptors (Lipinski definition) is 3. The summed E-state index contributed by atoms with van der Waals surface area (Å²) in [7, 11) is 0. The highest BCUT2D eigenvalue weighted by atomic mass is 16.5. The van der Waals surface area contributed by atoms with E-state index in [1.54, 1.807) is 0 Å². The van der Waals surface area contributed by atoms with Crippen molar-refractivity contribution in [2.24, 2.45) is 11.8 Å². The van der Waals surface area contributed by atoms with Crippen molar-refractivity contribution in [2.75, 3.05) is 19.7 Å². The fourth-order valence-corrected chi connectivity index (χ4v) is 3.33. The molecule has 20 heavy (non-hydrogen) atoms. The molecule has 3 atom stereocenters. The SMILES string of the molecule is C[C@@H]1OCCC[C@H]1C(=O)NC[C@H]1CC(=O)N(C2CC2)C1. The molecule has 3 fully saturated rings. The molecule has 2 saturated heterocycles. The lowest BCUT2D eigenvalue weighted by Crippen LogP contribution is -2.42. The predicted molar refractivity (Wildman–Crippen MR) is 74.0 cm³/mol. The van der Waals surface area contributed by atoms with Crippen LogP contribution in [-0.4, -0.2) is 48.6 Å². The number of carbonyl (C=O) groups is 2. The second-order valence-electron chi connectivity index (χ2n) is 6.42. The molecule has 3 rings (SSSR count). The summed E-state index contributed by atoms with van der Waals surface area (Å²) in [6, 6.07) is 0.495. The van der Waals surface area contributed by atoms with Gasteiger partial charge in [0.2, 0.25) is 11.8 Å². The van der Waals surface area contributed by atoms with Crippen LogP contribution in [0.4, 0.5) is 0 Å². The van der Waals surface area contributed by atoms with Crippen LogP contribution in [0.5, 0.6) is 0 Å². The van der Waals surface area contributed by atoms with Crippen molar-refractivity contribution in [2.45, 2.75) is 51.2 Å². The molecule has 112 valence electrons. The van der Waals surface area contributed by atoms with E-state index in [1.165, 1.54) is 0 Å². The minimum absolute atomic E-state index is 0.0110. The number of rotatable bonds is 4. The maximum absolute atomic E-state index is 12.2. The summed E-state index contributed by atoms with van der Waals surface area (Å²) in [6.45, 7) is 4.17. The Balaban J connectivity index is 1.45. The summed E-state index contributed by atoms with van der Waals surface area (Å²) in [6.07, 6.45) is 4.78. The van der Waals surface area contributed by atoms with Crippen molar-refractivity contribution in [1.82, 2.24) is 10.2 Å². The molecule has 0 bridgehead atoms. The number of likely N-dealkylation sites (tertiary alicyclic amines) is 1. The second-order valence-corrected chi connectivity index (χ2v) is 6.42. The molecule has 0 spiro atoms. The minimum Gasteiger partial charge on any atom is -0.378 e. The van der Waals surface area contributed by atoms with Crippen LogP contribution in [0.3, 0.4) is 0 Å². The second kappa shape index (κ2) is 5.72. The van der Waals surface area contributed by atoms with Gasteiger partial charge >= 0.3 is 0 Å². The van der Waals surface area contributed by atoms with Crippen LogP contribution in [0.25, 0.3) is 0 Å². The molecule has 1 aliphatic carbocycles. The lowest BCUT2D eigenvalue weighted by atomic mass is 9.94. The summed E-state index contributed by atoms with van der Waals surface area (Å²) in [5.74, 6) is 0.614. The fraction of sp³-hybridized carbons (Fsp3) is 0.867. The Morgan fingerprint density at radius 2 is 2.20 bits per heavy atom. The third kappa shape index (κ3) is 2.97. The third-order valence-corrected chi connectivity index (χ3v) is 4.73. The van der Waals surface area contributed by atoms with E-state index in [2.05, 4.69) is 5.32 Å². The van der Waals surface area contributed by atoms with Gasteiger partial charge in [0.1, 0.15) is 0 Å². The highest BCUT2D eigenvalue weighted by molar-refractivity contribution is 5.81. The smallest absolute Gasteiger partial charge is 0.225 e. The molecule has 3 aliphatic rings. The van der Waals surface area contributed by atoms with Crippen LogP contribution >= 0.6 is 0 Å². The highest BCUT2D eigenvalue weighted by Gasteiger charge is 2.39. The summed E-state index contributed by atoms with van der Waals surface area (Å²) in [5.41, 5.74) is 0. The lowest BCUT2D eigenvalue weighted by molar-refractivity contribution is -0.133. The van der Waals surface area contributed by atoms with Gasteiger partial charge in [-0.15, -0.1) is 0 Å². The number of hydrogen-bond donors (Lipinski definition) is 1. The van der Waals surface area contributed by atoms with E-state index in [9.17, 15) is 9.59 Å². The zero-order valence-corrected chi connectivity index (χ0v) is 12.1. The number of nitrogens with one attached hydrogen (secondary N) is 1. The Morgan fingerprint density at radius 3 is 2.90 bits per heavy atom. The molecule has 0 aromatic heterocycles. The lowest BCUT2D eigenvalue weighted by Gasteiger charge is -2.28. The van der Waals surface area contributed by atoms with E-state index in [-0.39, 0.29) is 29.8 Å². The van der Waals surface area contributed by atoms with Crippen LogP contribution < -0.4 is 5.32 Å². The molecule has 5 heteroatoms. The van der Waals surface area contributed by atoms with Gasteiger partial charge < -0.3 is 15.0 Å². The summed E-state index contributed by atoms with van der Waals surface area (Å²) < 4.78 is 5.53. The van der Waals surface area contributed by atoms with Crippen LogP contribution in [0.2, 0.25) is 0 Å². The van der Waals surface area contributed by atoms with Crippen molar-refractivity contribution >= 4 is 11.8 Å². The normalized spacial score (nSPS) is 34.4. The van der Waals surface area contributed by atoms with Crippen molar-refractivity contribution in [3.63, 3.8) is 0 Å². The molecule has 0 radical (unpaired) electrons. The van der Waals surface area contributed by atoms with Gasteiger partial charge in [0.15, 0.2) is 0 Å². The first-order valence-corrected chi connectivity index (χ1v) is 7.84. The molecule has 0 aromatic carbocycles. The fourth-order valence-electron chi connectivity index (χ4n) is 3.33. The number of carbonyl (C=O) groups excluding carboxylic acids is 2. The summed E-state index contributed by atoms with van der Waals surface area (Å²) >= 11 is 0. The Hall–Kier alpha value is -1.10.